The summed E-state index contributed by atoms with van der Waals surface area (Å²) < 4.78 is 18.6. The van der Waals surface area contributed by atoms with Gasteiger partial charge in [0.2, 0.25) is 5.91 Å². The lowest BCUT2D eigenvalue weighted by molar-refractivity contribution is -0.121. The molecule has 1 aliphatic heterocycles. The number of nitrogens with zero attached hydrogens (tertiary/aromatic N) is 1. The summed E-state index contributed by atoms with van der Waals surface area (Å²) in [5.41, 5.74) is 1.18. The lowest BCUT2D eigenvalue weighted by atomic mass is 9.77. The summed E-state index contributed by atoms with van der Waals surface area (Å²) in [6.45, 7) is 4.75. The highest BCUT2D eigenvalue weighted by atomic mass is 19.1. The minimum atomic E-state index is -0.180. The molecule has 4 atom stereocenters. The molecule has 0 bridgehead atoms. The summed E-state index contributed by atoms with van der Waals surface area (Å²) in [5.74, 6) is 1.11. The zero-order valence-corrected chi connectivity index (χ0v) is 14.5. The Morgan fingerprint density at radius 1 is 1.25 bits per heavy atom. The highest BCUT2D eigenvalue weighted by Crippen LogP contribution is 2.37. The van der Waals surface area contributed by atoms with E-state index in [1.807, 2.05) is 12.1 Å². The SMILES string of the molecule is CO[C@@H]1C[C@H]2CN(CCc3ccc(F)cc3)C[C@H]2C[C@H]1NC(C)=O. The van der Waals surface area contributed by atoms with Crippen molar-refractivity contribution in [1.82, 2.24) is 10.2 Å². The van der Waals surface area contributed by atoms with Crippen LogP contribution >= 0.6 is 0 Å². The topological polar surface area (TPSA) is 41.6 Å². The number of halogens is 1. The predicted octanol–water partition coefficient (Wildman–Crippen LogP) is 2.23. The molecule has 4 nitrogen and oxygen atoms in total. The first-order valence-electron chi connectivity index (χ1n) is 8.82. The summed E-state index contributed by atoms with van der Waals surface area (Å²) in [7, 11) is 1.74. The van der Waals surface area contributed by atoms with Gasteiger partial charge in [-0.1, -0.05) is 12.1 Å². The van der Waals surface area contributed by atoms with Gasteiger partial charge in [-0.2, -0.15) is 0 Å². The highest BCUT2D eigenvalue weighted by Gasteiger charge is 2.42. The van der Waals surface area contributed by atoms with E-state index in [1.54, 1.807) is 14.0 Å². The van der Waals surface area contributed by atoms with E-state index in [1.165, 1.54) is 17.7 Å². The van der Waals surface area contributed by atoms with Gasteiger partial charge in [0, 0.05) is 33.7 Å². The molecule has 0 unspecified atom stereocenters. The normalized spacial score (nSPS) is 30.1. The van der Waals surface area contributed by atoms with E-state index in [-0.39, 0.29) is 23.9 Å². The van der Waals surface area contributed by atoms with Gasteiger partial charge in [0.1, 0.15) is 5.82 Å². The van der Waals surface area contributed by atoms with Crippen LogP contribution < -0.4 is 5.32 Å². The van der Waals surface area contributed by atoms with E-state index in [0.717, 1.165) is 38.9 Å². The molecule has 1 aliphatic carbocycles. The second kappa shape index (κ2) is 7.62. The van der Waals surface area contributed by atoms with Crippen LogP contribution in [0.4, 0.5) is 4.39 Å². The van der Waals surface area contributed by atoms with Crippen molar-refractivity contribution >= 4 is 5.91 Å². The first-order valence-corrected chi connectivity index (χ1v) is 8.82. The van der Waals surface area contributed by atoms with E-state index in [4.69, 9.17) is 4.74 Å². The third kappa shape index (κ3) is 4.14. The summed E-state index contributed by atoms with van der Waals surface area (Å²) >= 11 is 0. The Morgan fingerprint density at radius 2 is 1.92 bits per heavy atom. The van der Waals surface area contributed by atoms with Crippen LogP contribution in [0.2, 0.25) is 0 Å². The molecule has 1 aromatic rings. The Labute approximate surface area is 143 Å². The number of hydrogen-bond donors (Lipinski definition) is 1. The van der Waals surface area contributed by atoms with Crippen LogP contribution in [0.15, 0.2) is 24.3 Å². The van der Waals surface area contributed by atoms with Crippen LogP contribution in [0.1, 0.15) is 25.3 Å². The molecule has 0 aromatic heterocycles. The summed E-state index contributed by atoms with van der Waals surface area (Å²) in [4.78, 5) is 13.9. The molecule has 2 aliphatic rings. The monoisotopic (exact) mass is 334 g/mol. The molecule has 2 fully saturated rings. The fraction of sp³-hybridized carbons (Fsp3) is 0.632. The minimum absolute atomic E-state index is 0.0201. The van der Waals surface area contributed by atoms with Gasteiger partial charge in [0.25, 0.3) is 0 Å². The van der Waals surface area contributed by atoms with Crippen molar-refractivity contribution in [3.63, 3.8) is 0 Å². The van der Waals surface area contributed by atoms with Crippen molar-refractivity contribution in [2.75, 3.05) is 26.7 Å². The number of carbonyl (C=O) groups excluding carboxylic acids is 1. The molecule has 5 heteroatoms. The van der Waals surface area contributed by atoms with E-state index in [2.05, 4.69) is 10.2 Å². The van der Waals surface area contributed by atoms with Crippen molar-refractivity contribution in [1.29, 1.82) is 0 Å². The summed E-state index contributed by atoms with van der Waals surface area (Å²) in [6, 6.07) is 6.92. The molecule has 1 amide bonds. The van der Waals surface area contributed by atoms with E-state index >= 15 is 0 Å². The number of likely N-dealkylation sites (tertiary alicyclic amines) is 1. The van der Waals surface area contributed by atoms with Crippen LogP contribution in [0.25, 0.3) is 0 Å². The van der Waals surface area contributed by atoms with Crippen molar-refractivity contribution < 1.29 is 13.9 Å². The molecule has 1 heterocycles. The molecular weight excluding hydrogens is 307 g/mol. The van der Waals surface area contributed by atoms with Crippen LogP contribution in [0, 0.1) is 17.7 Å². The average Bonchev–Trinajstić information content (AvgIpc) is 2.94. The van der Waals surface area contributed by atoms with Gasteiger partial charge in [0.05, 0.1) is 12.1 Å². The molecule has 1 N–H and O–H groups in total. The number of fused-ring (bicyclic) bond motifs is 1. The number of hydrogen-bond acceptors (Lipinski definition) is 3. The molecule has 1 saturated carbocycles. The number of rotatable bonds is 5. The number of ether oxygens (including phenoxy) is 1. The van der Waals surface area contributed by atoms with Crippen molar-refractivity contribution in [2.45, 2.75) is 38.3 Å². The lowest BCUT2D eigenvalue weighted by Crippen LogP contribution is -2.49. The maximum atomic E-state index is 13.0. The number of benzene rings is 1. The first kappa shape index (κ1) is 17.4. The first-order chi connectivity index (χ1) is 11.5. The van der Waals surface area contributed by atoms with Gasteiger partial charge < -0.3 is 15.0 Å². The molecule has 0 spiro atoms. The van der Waals surface area contributed by atoms with E-state index in [9.17, 15) is 9.18 Å². The van der Waals surface area contributed by atoms with Gasteiger partial charge in [-0.05, 0) is 48.8 Å². The van der Waals surface area contributed by atoms with Gasteiger partial charge in [-0.3, -0.25) is 4.79 Å². The van der Waals surface area contributed by atoms with E-state index in [0.29, 0.717) is 11.8 Å². The Kier molecular flexibility index (Phi) is 5.51. The van der Waals surface area contributed by atoms with Crippen LogP contribution in [-0.2, 0) is 16.0 Å². The van der Waals surface area contributed by atoms with Crippen molar-refractivity contribution in [2.24, 2.45) is 11.8 Å². The predicted molar refractivity (Wildman–Crippen MR) is 91.2 cm³/mol. The largest absolute Gasteiger partial charge is 0.379 e. The quantitative estimate of drug-likeness (QED) is 0.898. The molecule has 24 heavy (non-hydrogen) atoms. The number of nitrogens with one attached hydrogen (secondary N) is 1. The van der Waals surface area contributed by atoms with Gasteiger partial charge >= 0.3 is 0 Å². The van der Waals surface area contributed by atoms with Crippen molar-refractivity contribution in [3.8, 4) is 0 Å². The molecular formula is C19H27FN2O2. The number of methoxy groups -OCH3 is 1. The second-order valence-corrected chi connectivity index (χ2v) is 7.21. The third-order valence-corrected chi connectivity index (χ3v) is 5.51. The van der Waals surface area contributed by atoms with E-state index < -0.39 is 0 Å². The van der Waals surface area contributed by atoms with Gasteiger partial charge in [0.15, 0.2) is 0 Å². The molecule has 1 saturated heterocycles. The zero-order chi connectivity index (χ0) is 17.1. The Balaban J connectivity index is 1.54. The Bertz CT molecular complexity index is 563. The Hall–Kier alpha value is -1.46. The maximum Gasteiger partial charge on any atom is 0.217 e. The summed E-state index contributed by atoms with van der Waals surface area (Å²) in [6.07, 6.45) is 3.07. The van der Waals surface area contributed by atoms with Gasteiger partial charge in [-0.25, -0.2) is 4.39 Å². The fourth-order valence-corrected chi connectivity index (χ4v) is 4.30. The number of amides is 1. The van der Waals surface area contributed by atoms with Gasteiger partial charge in [-0.15, -0.1) is 0 Å². The highest BCUT2D eigenvalue weighted by molar-refractivity contribution is 5.73. The standard InChI is InChI=1S/C19H27FN2O2/c1-13(23)21-18-9-15-11-22(12-16(15)10-19(18)24-2)8-7-14-3-5-17(20)6-4-14/h3-6,15-16,18-19H,7-12H2,1-2H3,(H,21,23)/t15-,16+,18-,19-/m1/s1. The minimum Gasteiger partial charge on any atom is -0.379 e. The maximum absolute atomic E-state index is 13.0. The molecule has 3 rings (SSSR count). The lowest BCUT2D eigenvalue weighted by Gasteiger charge is -2.37. The van der Waals surface area contributed by atoms with Crippen LogP contribution in [0.3, 0.4) is 0 Å². The Morgan fingerprint density at radius 3 is 2.54 bits per heavy atom. The van der Waals surface area contributed by atoms with Crippen LogP contribution in [0.5, 0.6) is 0 Å². The third-order valence-electron chi connectivity index (χ3n) is 5.51. The zero-order valence-electron chi connectivity index (χ0n) is 14.5. The summed E-state index contributed by atoms with van der Waals surface area (Å²) in [5, 5.41) is 3.06. The van der Waals surface area contributed by atoms with Crippen molar-refractivity contribution in [3.05, 3.63) is 35.6 Å². The average molecular weight is 334 g/mol. The fourth-order valence-electron chi connectivity index (χ4n) is 4.30. The van der Waals surface area contributed by atoms with Crippen LogP contribution in [-0.4, -0.2) is 49.7 Å². The molecule has 0 radical (unpaired) electrons. The molecule has 1 aromatic carbocycles. The number of carbonyl (C=O) groups is 1. The molecule has 132 valence electrons. The second-order valence-electron chi connectivity index (χ2n) is 7.21. The smallest absolute Gasteiger partial charge is 0.217 e.